The molecule has 0 bridgehead atoms. The van der Waals surface area contributed by atoms with Crippen LogP contribution in [0.3, 0.4) is 0 Å². The van der Waals surface area contributed by atoms with Gasteiger partial charge in [-0.3, -0.25) is 4.68 Å². The number of carbonyl (C=O) groups is 1. The smallest absolute Gasteiger partial charge is 0.318 e. The van der Waals surface area contributed by atoms with Crippen molar-refractivity contribution in [1.29, 1.82) is 0 Å². The maximum Gasteiger partial charge on any atom is 0.318 e. The third-order valence-electron chi connectivity index (χ3n) is 6.20. The number of halogens is 1. The summed E-state index contributed by atoms with van der Waals surface area (Å²) in [5, 5.41) is 7.69. The van der Waals surface area contributed by atoms with E-state index in [0.717, 1.165) is 31.4 Å². The van der Waals surface area contributed by atoms with Crippen LogP contribution >= 0.6 is 0 Å². The highest BCUT2D eigenvalue weighted by atomic mass is 19.1. The van der Waals surface area contributed by atoms with Gasteiger partial charge in [-0.25, -0.2) is 9.18 Å². The third-order valence-corrected chi connectivity index (χ3v) is 6.20. The number of hydrogen-bond acceptors (Lipinski definition) is 2. The maximum atomic E-state index is 15.0. The first-order valence-electron chi connectivity index (χ1n) is 10.5. The van der Waals surface area contributed by atoms with Crippen LogP contribution < -0.4 is 5.32 Å². The van der Waals surface area contributed by atoms with Gasteiger partial charge in [-0.1, -0.05) is 60.7 Å². The molecule has 0 spiro atoms. The van der Waals surface area contributed by atoms with Crippen molar-refractivity contribution in [3.63, 3.8) is 0 Å². The Bertz CT molecular complexity index is 1030. The quantitative estimate of drug-likeness (QED) is 0.709. The number of alkyl halides is 1. The largest absolute Gasteiger partial charge is 0.331 e. The Hall–Kier alpha value is -3.15. The van der Waals surface area contributed by atoms with E-state index in [1.54, 1.807) is 17.0 Å². The van der Waals surface area contributed by atoms with Crippen molar-refractivity contribution in [1.82, 2.24) is 20.0 Å². The number of nitrogens with zero attached hydrogens (tertiary/aromatic N) is 3. The Morgan fingerprint density at radius 2 is 1.80 bits per heavy atom. The topological polar surface area (TPSA) is 50.2 Å². The average Bonchev–Trinajstić information content (AvgIpc) is 3.16. The van der Waals surface area contributed by atoms with Gasteiger partial charge in [-0.05, 0) is 30.4 Å². The molecule has 3 aromatic rings. The van der Waals surface area contributed by atoms with E-state index in [4.69, 9.17) is 0 Å². The molecule has 5 rings (SSSR count). The zero-order chi connectivity index (χ0) is 20.6. The summed E-state index contributed by atoms with van der Waals surface area (Å²) in [4.78, 5) is 14.3. The van der Waals surface area contributed by atoms with Crippen molar-refractivity contribution < 1.29 is 9.18 Å². The van der Waals surface area contributed by atoms with Crippen LogP contribution in [0.15, 0.2) is 66.9 Å². The first kappa shape index (κ1) is 18.9. The van der Waals surface area contributed by atoms with Gasteiger partial charge < -0.3 is 10.2 Å². The highest BCUT2D eigenvalue weighted by Crippen LogP contribution is 2.37. The molecule has 1 aliphatic carbocycles. The Labute approximate surface area is 175 Å². The maximum absolute atomic E-state index is 15.0. The number of fused-ring (bicyclic) bond motifs is 1. The number of hydrogen-bond donors (Lipinski definition) is 1. The predicted octanol–water partition coefficient (Wildman–Crippen LogP) is 4.20. The highest BCUT2D eigenvalue weighted by Gasteiger charge is 2.47. The van der Waals surface area contributed by atoms with Gasteiger partial charge in [0.1, 0.15) is 0 Å². The van der Waals surface area contributed by atoms with E-state index in [1.807, 2.05) is 47.3 Å². The second-order valence-electron chi connectivity index (χ2n) is 8.27. The SMILES string of the molecule is O=C(NC1CCCc2c1cnn2Cc1ccccc1)N1CC(F)(c2ccccc2)C1. The summed E-state index contributed by atoms with van der Waals surface area (Å²) in [6, 6.07) is 19.1. The highest BCUT2D eigenvalue weighted by molar-refractivity contribution is 5.76. The summed E-state index contributed by atoms with van der Waals surface area (Å²) in [6.07, 6.45) is 4.71. The van der Waals surface area contributed by atoms with Crippen molar-refractivity contribution in [3.05, 3.63) is 89.2 Å². The molecule has 30 heavy (non-hydrogen) atoms. The molecule has 2 aromatic carbocycles. The number of aromatic nitrogens is 2. The zero-order valence-electron chi connectivity index (χ0n) is 16.8. The van der Waals surface area contributed by atoms with E-state index < -0.39 is 5.67 Å². The van der Waals surface area contributed by atoms with Gasteiger partial charge in [-0.2, -0.15) is 5.10 Å². The molecule has 2 aliphatic rings. The lowest BCUT2D eigenvalue weighted by Gasteiger charge is -2.45. The molecule has 1 unspecified atom stereocenters. The van der Waals surface area contributed by atoms with Crippen LogP contribution in [-0.2, 0) is 18.6 Å². The summed E-state index contributed by atoms with van der Waals surface area (Å²) < 4.78 is 17.1. The van der Waals surface area contributed by atoms with Crippen molar-refractivity contribution in [2.45, 2.75) is 37.5 Å². The molecule has 6 heteroatoms. The van der Waals surface area contributed by atoms with Crippen LogP contribution in [0.1, 0.15) is 41.3 Å². The molecule has 0 saturated carbocycles. The lowest BCUT2D eigenvalue weighted by atomic mass is 9.88. The molecule has 1 N–H and O–H groups in total. The number of urea groups is 1. The van der Waals surface area contributed by atoms with Crippen LogP contribution in [0.5, 0.6) is 0 Å². The minimum Gasteiger partial charge on any atom is -0.331 e. The fourth-order valence-electron chi connectivity index (χ4n) is 4.52. The van der Waals surface area contributed by atoms with Crippen LogP contribution in [0.25, 0.3) is 0 Å². The summed E-state index contributed by atoms with van der Waals surface area (Å²) in [6.45, 7) is 0.912. The van der Waals surface area contributed by atoms with Gasteiger partial charge in [0.2, 0.25) is 0 Å². The van der Waals surface area contributed by atoms with Crippen LogP contribution in [0, 0.1) is 0 Å². The van der Waals surface area contributed by atoms with Crippen molar-refractivity contribution >= 4 is 6.03 Å². The van der Waals surface area contributed by atoms with Gasteiger partial charge in [0.15, 0.2) is 5.67 Å². The third kappa shape index (κ3) is 3.47. The van der Waals surface area contributed by atoms with Gasteiger partial charge in [-0.15, -0.1) is 0 Å². The van der Waals surface area contributed by atoms with E-state index in [-0.39, 0.29) is 25.2 Å². The number of carbonyl (C=O) groups excluding carboxylic acids is 1. The summed E-state index contributed by atoms with van der Waals surface area (Å²) in [5.41, 5.74) is 2.66. The number of nitrogens with one attached hydrogen (secondary N) is 1. The molecule has 1 saturated heterocycles. The molecule has 2 amide bonds. The van der Waals surface area contributed by atoms with E-state index in [1.165, 1.54) is 11.3 Å². The molecule has 154 valence electrons. The molecule has 1 aromatic heterocycles. The van der Waals surface area contributed by atoms with Crippen LogP contribution in [0.4, 0.5) is 9.18 Å². The molecule has 1 atom stereocenters. The summed E-state index contributed by atoms with van der Waals surface area (Å²) in [7, 11) is 0. The average molecular weight is 404 g/mol. The van der Waals surface area contributed by atoms with E-state index in [9.17, 15) is 4.79 Å². The first-order chi connectivity index (χ1) is 14.6. The molecular weight excluding hydrogens is 379 g/mol. The number of amides is 2. The van der Waals surface area contributed by atoms with Crippen molar-refractivity contribution in [2.75, 3.05) is 13.1 Å². The lowest BCUT2D eigenvalue weighted by molar-refractivity contribution is -0.0100. The zero-order valence-corrected chi connectivity index (χ0v) is 16.8. The Morgan fingerprint density at radius 1 is 1.10 bits per heavy atom. The molecule has 1 aliphatic heterocycles. The van der Waals surface area contributed by atoms with Gasteiger partial charge >= 0.3 is 6.03 Å². The second-order valence-corrected chi connectivity index (χ2v) is 8.27. The van der Waals surface area contributed by atoms with Gasteiger partial charge in [0.05, 0.1) is 31.9 Å². The van der Waals surface area contributed by atoms with Crippen molar-refractivity contribution in [2.24, 2.45) is 0 Å². The molecule has 2 heterocycles. The van der Waals surface area contributed by atoms with E-state index >= 15 is 4.39 Å². The van der Waals surface area contributed by atoms with Crippen LogP contribution in [-0.4, -0.2) is 33.8 Å². The fraction of sp³-hybridized carbons (Fsp3) is 0.333. The first-order valence-corrected chi connectivity index (χ1v) is 10.5. The Morgan fingerprint density at radius 3 is 2.53 bits per heavy atom. The van der Waals surface area contributed by atoms with E-state index in [0.29, 0.717) is 5.56 Å². The number of rotatable bonds is 4. The molecular formula is C24H25FN4O. The monoisotopic (exact) mass is 404 g/mol. The minimum atomic E-state index is -1.45. The summed E-state index contributed by atoms with van der Waals surface area (Å²) >= 11 is 0. The Kier molecular flexibility index (Phi) is 4.77. The van der Waals surface area contributed by atoms with E-state index in [2.05, 4.69) is 22.5 Å². The minimum absolute atomic E-state index is 0.0721. The fourth-order valence-corrected chi connectivity index (χ4v) is 4.52. The lowest BCUT2D eigenvalue weighted by Crippen LogP contribution is -2.61. The van der Waals surface area contributed by atoms with Crippen molar-refractivity contribution in [3.8, 4) is 0 Å². The molecule has 1 fully saturated rings. The second kappa shape index (κ2) is 7.59. The number of benzene rings is 2. The molecule has 0 radical (unpaired) electrons. The number of likely N-dealkylation sites (tertiary alicyclic amines) is 1. The Balaban J connectivity index is 1.25. The van der Waals surface area contributed by atoms with Gasteiger partial charge in [0.25, 0.3) is 0 Å². The standard InChI is InChI=1S/C24H25FN4O/c25-24(19-10-5-2-6-11-19)16-28(17-24)23(30)27-21-12-7-13-22-20(21)14-26-29(22)15-18-8-3-1-4-9-18/h1-6,8-11,14,21H,7,12-13,15-17H2,(H,27,30). The molecule has 5 nitrogen and oxygen atoms in total. The predicted molar refractivity (Wildman–Crippen MR) is 113 cm³/mol. The summed E-state index contributed by atoms with van der Waals surface area (Å²) in [5.74, 6) is 0. The normalized spacial score (nSPS) is 19.6. The van der Waals surface area contributed by atoms with Crippen LogP contribution in [0.2, 0.25) is 0 Å². The van der Waals surface area contributed by atoms with Gasteiger partial charge in [0, 0.05) is 11.3 Å².